The Morgan fingerprint density at radius 1 is 1.33 bits per heavy atom. The Bertz CT molecular complexity index is 392. The molecular formula is C13H25N5. The molecule has 18 heavy (non-hydrogen) atoms. The molecule has 1 aliphatic heterocycles. The van der Waals surface area contributed by atoms with E-state index in [1.54, 1.807) is 0 Å². The maximum atomic E-state index is 6.01. The van der Waals surface area contributed by atoms with E-state index in [0.29, 0.717) is 6.04 Å². The van der Waals surface area contributed by atoms with Gasteiger partial charge in [-0.2, -0.15) is 5.10 Å². The van der Waals surface area contributed by atoms with Crippen LogP contribution in [0.3, 0.4) is 0 Å². The van der Waals surface area contributed by atoms with Crippen molar-refractivity contribution in [3.63, 3.8) is 0 Å². The van der Waals surface area contributed by atoms with Gasteiger partial charge < -0.3 is 11.1 Å². The van der Waals surface area contributed by atoms with Crippen molar-refractivity contribution in [1.29, 1.82) is 0 Å². The van der Waals surface area contributed by atoms with Crippen molar-refractivity contribution in [1.82, 2.24) is 14.7 Å². The lowest BCUT2D eigenvalue weighted by Crippen LogP contribution is -2.41. The highest BCUT2D eigenvalue weighted by Gasteiger charge is 2.17. The Labute approximate surface area is 109 Å². The molecule has 0 aromatic carbocycles. The number of nitrogen functional groups attached to an aromatic ring is 1. The minimum atomic E-state index is 0.542. The van der Waals surface area contributed by atoms with Crippen molar-refractivity contribution in [2.45, 2.75) is 39.2 Å². The van der Waals surface area contributed by atoms with Crippen LogP contribution in [-0.2, 0) is 7.05 Å². The highest BCUT2D eigenvalue weighted by molar-refractivity contribution is 5.64. The van der Waals surface area contributed by atoms with E-state index in [2.05, 4.69) is 22.2 Å². The molecular weight excluding hydrogens is 226 g/mol. The molecule has 0 spiro atoms. The SMILES string of the molecule is Cc1nn(C)c(NCC(C)N2CCCCC2)c1N. The third-order valence-electron chi connectivity index (χ3n) is 3.85. The van der Waals surface area contributed by atoms with Gasteiger partial charge >= 0.3 is 0 Å². The van der Waals surface area contributed by atoms with Crippen molar-refractivity contribution in [2.75, 3.05) is 30.7 Å². The first kappa shape index (κ1) is 13.2. The minimum absolute atomic E-state index is 0.542. The number of nitrogens with zero attached hydrogens (tertiary/aromatic N) is 3. The van der Waals surface area contributed by atoms with Crippen LogP contribution < -0.4 is 11.1 Å². The normalized spacial score (nSPS) is 18.8. The Morgan fingerprint density at radius 3 is 2.56 bits per heavy atom. The molecule has 2 heterocycles. The third-order valence-corrected chi connectivity index (χ3v) is 3.85. The summed E-state index contributed by atoms with van der Waals surface area (Å²) in [6.07, 6.45) is 4.04. The van der Waals surface area contributed by atoms with E-state index >= 15 is 0 Å². The van der Waals surface area contributed by atoms with Crippen LogP contribution in [0.15, 0.2) is 0 Å². The monoisotopic (exact) mass is 251 g/mol. The molecule has 1 aromatic heterocycles. The van der Waals surface area contributed by atoms with Crippen molar-refractivity contribution in [3.05, 3.63) is 5.69 Å². The Kier molecular flexibility index (Phi) is 4.11. The van der Waals surface area contributed by atoms with Crippen LogP contribution in [0.5, 0.6) is 0 Å². The average Bonchev–Trinajstić information content (AvgIpc) is 2.62. The third kappa shape index (κ3) is 2.77. The van der Waals surface area contributed by atoms with Gasteiger partial charge in [-0.3, -0.25) is 9.58 Å². The quantitative estimate of drug-likeness (QED) is 0.853. The number of hydrogen-bond acceptors (Lipinski definition) is 4. The molecule has 0 radical (unpaired) electrons. The topological polar surface area (TPSA) is 59.1 Å². The van der Waals surface area contributed by atoms with Crippen LogP contribution in [0.2, 0.25) is 0 Å². The number of aryl methyl sites for hydroxylation is 2. The number of rotatable bonds is 4. The fourth-order valence-electron chi connectivity index (χ4n) is 2.62. The second kappa shape index (κ2) is 5.61. The molecule has 0 bridgehead atoms. The molecule has 1 fully saturated rings. The molecule has 1 aromatic rings. The van der Waals surface area contributed by atoms with Crippen molar-refractivity contribution < 1.29 is 0 Å². The summed E-state index contributed by atoms with van der Waals surface area (Å²) >= 11 is 0. The van der Waals surface area contributed by atoms with Gasteiger partial charge in [0.25, 0.3) is 0 Å². The summed E-state index contributed by atoms with van der Waals surface area (Å²) < 4.78 is 1.83. The molecule has 0 aliphatic carbocycles. The van der Waals surface area contributed by atoms with Gasteiger partial charge in [-0.1, -0.05) is 6.42 Å². The molecule has 1 atom stereocenters. The molecule has 102 valence electrons. The van der Waals surface area contributed by atoms with E-state index in [4.69, 9.17) is 5.73 Å². The largest absolute Gasteiger partial charge is 0.394 e. The van der Waals surface area contributed by atoms with Gasteiger partial charge in [-0.15, -0.1) is 0 Å². The van der Waals surface area contributed by atoms with Crippen LogP contribution in [0.25, 0.3) is 0 Å². The highest BCUT2D eigenvalue weighted by Crippen LogP contribution is 2.21. The van der Waals surface area contributed by atoms with Crippen LogP contribution in [0.1, 0.15) is 31.9 Å². The number of aromatic nitrogens is 2. The van der Waals surface area contributed by atoms with E-state index in [1.165, 1.54) is 32.4 Å². The first-order valence-electron chi connectivity index (χ1n) is 6.86. The Morgan fingerprint density at radius 2 is 2.00 bits per heavy atom. The van der Waals surface area contributed by atoms with Gasteiger partial charge in [-0.25, -0.2) is 0 Å². The molecule has 2 rings (SSSR count). The van der Waals surface area contributed by atoms with Crippen LogP contribution >= 0.6 is 0 Å². The highest BCUT2D eigenvalue weighted by atomic mass is 15.3. The van der Waals surface area contributed by atoms with Gasteiger partial charge in [0.1, 0.15) is 5.82 Å². The molecule has 1 aliphatic rings. The van der Waals surface area contributed by atoms with Crippen LogP contribution in [-0.4, -0.2) is 40.4 Å². The Balaban J connectivity index is 1.90. The zero-order valence-electron chi connectivity index (χ0n) is 11.7. The zero-order valence-corrected chi connectivity index (χ0v) is 11.7. The number of hydrogen-bond donors (Lipinski definition) is 2. The van der Waals surface area contributed by atoms with E-state index in [1.807, 2.05) is 18.7 Å². The summed E-state index contributed by atoms with van der Waals surface area (Å²) in [6.45, 7) is 7.58. The lowest BCUT2D eigenvalue weighted by molar-refractivity contribution is 0.180. The maximum absolute atomic E-state index is 6.01. The summed E-state index contributed by atoms with van der Waals surface area (Å²) in [5, 5.41) is 7.75. The number of nitrogens with two attached hydrogens (primary N) is 1. The van der Waals surface area contributed by atoms with Crippen LogP contribution in [0.4, 0.5) is 11.5 Å². The molecule has 5 nitrogen and oxygen atoms in total. The maximum Gasteiger partial charge on any atom is 0.147 e. The first-order valence-corrected chi connectivity index (χ1v) is 6.86. The second-order valence-electron chi connectivity index (χ2n) is 5.30. The van der Waals surface area contributed by atoms with Gasteiger partial charge in [0.15, 0.2) is 0 Å². The summed E-state index contributed by atoms with van der Waals surface area (Å²) in [6, 6.07) is 0.542. The van der Waals surface area contributed by atoms with E-state index in [0.717, 1.165) is 23.7 Å². The molecule has 5 heteroatoms. The number of piperidine rings is 1. The van der Waals surface area contributed by atoms with Gasteiger partial charge in [0.05, 0.1) is 11.4 Å². The van der Waals surface area contributed by atoms with Gasteiger partial charge in [0, 0.05) is 19.6 Å². The molecule has 3 N–H and O–H groups in total. The van der Waals surface area contributed by atoms with E-state index < -0.39 is 0 Å². The molecule has 0 saturated carbocycles. The summed E-state index contributed by atoms with van der Waals surface area (Å²) in [4.78, 5) is 2.55. The van der Waals surface area contributed by atoms with Crippen LogP contribution in [0, 0.1) is 6.92 Å². The summed E-state index contributed by atoms with van der Waals surface area (Å²) in [5.41, 5.74) is 7.67. The lowest BCUT2D eigenvalue weighted by atomic mass is 10.1. The fourth-order valence-corrected chi connectivity index (χ4v) is 2.62. The predicted molar refractivity (Wildman–Crippen MR) is 75.7 cm³/mol. The zero-order chi connectivity index (χ0) is 13.1. The van der Waals surface area contributed by atoms with E-state index in [9.17, 15) is 0 Å². The second-order valence-corrected chi connectivity index (χ2v) is 5.30. The number of likely N-dealkylation sites (tertiary alicyclic amines) is 1. The van der Waals surface area contributed by atoms with Crippen molar-refractivity contribution in [2.24, 2.45) is 7.05 Å². The Hall–Kier alpha value is -1.23. The standard InChI is InChI=1S/C13H25N5/c1-10(18-7-5-4-6-8-18)9-15-13-12(14)11(2)16-17(13)3/h10,15H,4-9,14H2,1-3H3. The first-order chi connectivity index (χ1) is 8.59. The minimum Gasteiger partial charge on any atom is -0.394 e. The van der Waals surface area contributed by atoms with Gasteiger partial charge in [-0.05, 0) is 39.8 Å². The molecule has 0 amide bonds. The predicted octanol–water partition coefficient (Wildman–Crippen LogP) is 1.60. The lowest BCUT2D eigenvalue weighted by Gasteiger charge is -2.32. The summed E-state index contributed by atoms with van der Waals surface area (Å²) in [7, 11) is 1.93. The smallest absolute Gasteiger partial charge is 0.147 e. The molecule has 1 unspecified atom stereocenters. The number of anilines is 2. The van der Waals surface area contributed by atoms with E-state index in [-0.39, 0.29) is 0 Å². The summed E-state index contributed by atoms with van der Waals surface area (Å²) in [5.74, 6) is 0.941. The fraction of sp³-hybridized carbons (Fsp3) is 0.769. The number of nitrogens with one attached hydrogen (secondary N) is 1. The van der Waals surface area contributed by atoms with Gasteiger partial charge in [0.2, 0.25) is 0 Å². The van der Waals surface area contributed by atoms with Crippen molar-refractivity contribution in [3.8, 4) is 0 Å². The molecule has 1 saturated heterocycles. The average molecular weight is 251 g/mol. The van der Waals surface area contributed by atoms with Crippen molar-refractivity contribution >= 4 is 11.5 Å².